The Morgan fingerprint density at radius 1 is 1.15 bits per heavy atom. The Labute approximate surface area is 120 Å². The van der Waals surface area contributed by atoms with Crippen molar-refractivity contribution in [2.75, 3.05) is 11.9 Å². The second-order valence-corrected chi connectivity index (χ2v) is 4.93. The molecule has 0 fully saturated rings. The van der Waals surface area contributed by atoms with Gasteiger partial charge in [-0.25, -0.2) is 0 Å². The molecule has 4 heteroatoms. The first-order valence-electron chi connectivity index (χ1n) is 7.23. The fourth-order valence-electron chi connectivity index (χ4n) is 1.95. The van der Waals surface area contributed by atoms with Gasteiger partial charge in [-0.3, -0.25) is 4.68 Å². The maximum absolute atomic E-state index is 5.69. The zero-order valence-corrected chi connectivity index (χ0v) is 12.3. The number of hydrogen-bond donors (Lipinski definition) is 1. The Morgan fingerprint density at radius 2 is 1.95 bits per heavy atom. The molecule has 1 aromatic carbocycles. The standard InChI is InChI=1S/C16H23N3O/c1-3-4-5-12-20-15-8-6-14(7-9-15)13-17-16-10-11-19(2)18-16/h6-11H,3-5,12-13H2,1-2H3,(H,17,18). The van der Waals surface area contributed by atoms with Crippen molar-refractivity contribution in [3.8, 4) is 5.75 Å². The molecule has 2 rings (SSSR count). The highest BCUT2D eigenvalue weighted by atomic mass is 16.5. The minimum Gasteiger partial charge on any atom is -0.494 e. The Bertz CT molecular complexity index is 505. The number of rotatable bonds is 8. The van der Waals surface area contributed by atoms with E-state index in [1.54, 1.807) is 4.68 Å². The van der Waals surface area contributed by atoms with Gasteiger partial charge in [0.2, 0.25) is 0 Å². The lowest BCUT2D eigenvalue weighted by atomic mass is 10.2. The van der Waals surface area contributed by atoms with Crippen molar-refractivity contribution in [1.29, 1.82) is 0 Å². The molecule has 0 spiro atoms. The van der Waals surface area contributed by atoms with Crippen LogP contribution < -0.4 is 10.1 Å². The van der Waals surface area contributed by atoms with E-state index in [0.717, 1.165) is 31.1 Å². The largest absolute Gasteiger partial charge is 0.494 e. The molecule has 0 atom stereocenters. The Kier molecular flexibility index (Phi) is 5.47. The van der Waals surface area contributed by atoms with Gasteiger partial charge < -0.3 is 10.1 Å². The molecule has 0 saturated carbocycles. The number of unbranched alkanes of at least 4 members (excludes halogenated alkanes) is 2. The van der Waals surface area contributed by atoms with Gasteiger partial charge in [-0.2, -0.15) is 5.10 Å². The normalized spacial score (nSPS) is 10.5. The molecule has 1 heterocycles. The number of aryl methyl sites for hydroxylation is 1. The van der Waals surface area contributed by atoms with Crippen LogP contribution in [0.15, 0.2) is 36.5 Å². The number of hydrogen-bond acceptors (Lipinski definition) is 3. The highest BCUT2D eigenvalue weighted by Crippen LogP contribution is 2.14. The number of aromatic nitrogens is 2. The molecule has 0 saturated heterocycles. The molecule has 1 aromatic heterocycles. The first kappa shape index (κ1) is 14.4. The summed E-state index contributed by atoms with van der Waals surface area (Å²) in [6, 6.07) is 10.2. The fraction of sp³-hybridized carbons (Fsp3) is 0.438. The molecule has 108 valence electrons. The van der Waals surface area contributed by atoms with Crippen LogP contribution in [-0.4, -0.2) is 16.4 Å². The summed E-state index contributed by atoms with van der Waals surface area (Å²) in [5.41, 5.74) is 1.22. The summed E-state index contributed by atoms with van der Waals surface area (Å²) in [6.07, 6.45) is 5.50. The van der Waals surface area contributed by atoms with Crippen molar-refractivity contribution >= 4 is 5.82 Å². The predicted molar refractivity (Wildman–Crippen MR) is 82.0 cm³/mol. The molecular weight excluding hydrogens is 250 g/mol. The molecule has 0 bridgehead atoms. The molecule has 0 amide bonds. The molecule has 0 aliphatic carbocycles. The number of benzene rings is 1. The molecule has 1 N–H and O–H groups in total. The zero-order valence-electron chi connectivity index (χ0n) is 12.3. The van der Waals surface area contributed by atoms with Crippen LogP contribution in [0.4, 0.5) is 5.82 Å². The minimum atomic E-state index is 0.771. The van der Waals surface area contributed by atoms with E-state index < -0.39 is 0 Å². The van der Waals surface area contributed by atoms with Crippen LogP contribution >= 0.6 is 0 Å². The first-order valence-corrected chi connectivity index (χ1v) is 7.23. The summed E-state index contributed by atoms with van der Waals surface area (Å²) in [7, 11) is 1.91. The Morgan fingerprint density at radius 3 is 2.60 bits per heavy atom. The lowest BCUT2D eigenvalue weighted by Gasteiger charge is -2.07. The minimum absolute atomic E-state index is 0.771. The van der Waals surface area contributed by atoms with Gasteiger partial charge in [0.25, 0.3) is 0 Å². The summed E-state index contributed by atoms with van der Waals surface area (Å²) in [4.78, 5) is 0. The van der Waals surface area contributed by atoms with Crippen LogP contribution in [0.3, 0.4) is 0 Å². The van der Waals surface area contributed by atoms with Crippen LogP contribution in [0, 0.1) is 0 Å². The summed E-state index contributed by atoms with van der Waals surface area (Å²) < 4.78 is 7.48. The van der Waals surface area contributed by atoms with E-state index >= 15 is 0 Å². The maximum Gasteiger partial charge on any atom is 0.148 e. The quantitative estimate of drug-likeness (QED) is 0.747. The zero-order chi connectivity index (χ0) is 14.2. The van der Waals surface area contributed by atoms with Gasteiger partial charge in [0, 0.05) is 25.9 Å². The van der Waals surface area contributed by atoms with Crippen molar-refractivity contribution < 1.29 is 4.74 Å². The molecule has 0 unspecified atom stereocenters. The SMILES string of the molecule is CCCCCOc1ccc(CNc2ccn(C)n2)cc1. The number of anilines is 1. The second-order valence-electron chi connectivity index (χ2n) is 4.93. The topological polar surface area (TPSA) is 39.1 Å². The Hall–Kier alpha value is -1.97. The lowest BCUT2D eigenvalue weighted by molar-refractivity contribution is 0.306. The van der Waals surface area contributed by atoms with Gasteiger partial charge in [0.15, 0.2) is 0 Å². The van der Waals surface area contributed by atoms with E-state index in [1.165, 1.54) is 18.4 Å². The van der Waals surface area contributed by atoms with Gasteiger partial charge in [-0.05, 0) is 24.1 Å². The van der Waals surface area contributed by atoms with Crippen LogP contribution in [0.25, 0.3) is 0 Å². The van der Waals surface area contributed by atoms with Gasteiger partial charge in [-0.1, -0.05) is 31.9 Å². The third-order valence-electron chi connectivity index (χ3n) is 3.13. The van der Waals surface area contributed by atoms with Crippen LogP contribution in [0.2, 0.25) is 0 Å². The number of nitrogens with one attached hydrogen (secondary N) is 1. The molecular formula is C16H23N3O. The second kappa shape index (κ2) is 7.58. The predicted octanol–water partition coefficient (Wildman–Crippen LogP) is 3.60. The maximum atomic E-state index is 5.69. The van der Waals surface area contributed by atoms with Crippen molar-refractivity contribution in [2.24, 2.45) is 7.05 Å². The molecule has 2 aromatic rings. The first-order chi connectivity index (χ1) is 9.78. The highest BCUT2D eigenvalue weighted by molar-refractivity contribution is 5.35. The number of nitrogens with zero attached hydrogens (tertiary/aromatic N) is 2. The van der Waals surface area contributed by atoms with Crippen LogP contribution in [-0.2, 0) is 13.6 Å². The third kappa shape index (κ3) is 4.61. The summed E-state index contributed by atoms with van der Waals surface area (Å²) in [6.45, 7) is 3.77. The van der Waals surface area contributed by atoms with Gasteiger partial charge in [0.1, 0.15) is 11.6 Å². The monoisotopic (exact) mass is 273 g/mol. The molecule has 0 aliphatic rings. The van der Waals surface area contributed by atoms with Gasteiger partial charge in [0.05, 0.1) is 6.61 Å². The summed E-state index contributed by atoms with van der Waals surface area (Å²) >= 11 is 0. The number of ether oxygens (including phenoxy) is 1. The van der Waals surface area contributed by atoms with E-state index in [-0.39, 0.29) is 0 Å². The van der Waals surface area contributed by atoms with E-state index in [1.807, 2.05) is 31.4 Å². The molecule has 0 aliphatic heterocycles. The van der Waals surface area contributed by atoms with E-state index in [2.05, 4.69) is 29.5 Å². The lowest BCUT2D eigenvalue weighted by Crippen LogP contribution is -2.01. The smallest absolute Gasteiger partial charge is 0.148 e. The summed E-state index contributed by atoms with van der Waals surface area (Å²) in [5, 5.41) is 7.57. The average molecular weight is 273 g/mol. The summed E-state index contributed by atoms with van der Waals surface area (Å²) in [5.74, 6) is 1.84. The molecule has 0 radical (unpaired) electrons. The highest BCUT2D eigenvalue weighted by Gasteiger charge is 1.98. The van der Waals surface area contributed by atoms with Crippen molar-refractivity contribution in [2.45, 2.75) is 32.7 Å². The molecule has 20 heavy (non-hydrogen) atoms. The Balaban J connectivity index is 1.76. The van der Waals surface area contributed by atoms with Crippen LogP contribution in [0.5, 0.6) is 5.75 Å². The van der Waals surface area contributed by atoms with Gasteiger partial charge >= 0.3 is 0 Å². The third-order valence-corrected chi connectivity index (χ3v) is 3.13. The van der Waals surface area contributed by atoms with Crippen LogP contribution in [0.1, 0.15) is 31.7 Å². The van der Waals surface area contributed by atoms with E-state index in [0.29, 0.717) is 0 Å². The molecule has 4 nitrogen and oxygen atoms in total. The fourth-order valence-corrected chi connectivity index (χ4v) is 1.95. The van der Waals surface area contributed by atoms with E-state index in [4.69, 9.17) is 4.74 Å². The van der Waals surface area contributed by atoms with Gasteiger partial charge in [-0.15, -0.1) is 0 Å². The van der Waals surface area contributed by atoms with Crippen molar-refractivity contribution in [3.63, 3.8) is 0 Å². The van der Waals surface area contributed by atoms with Crippen molar-refractivity contribution in [3.05, 3.63) is 42.1 Å². The van der Waals surface area contributed by atoms with Crippen molar-refractivity contribution in [1.82, 2.24) is 9.78 Å². The van der Waals surface area contributed by atoms with E-state index in [9.17, 15) is 0 Å². The average Bonchev–Trinajstić information content (AvgIpc) is 2.88.